The van der Waals surface area contributed by atoms with Crippen molar-refractivity contribution in [1.29, 1.82) is 0 Å². The summed E-state index contributed by atoms with van der Waals surface area (Å²) in [7, 11) is 0. The quantitative estimate of drug-likeness (QED) is 0.619. The Hall–Kier alpha value is -2.87. The SMILES string of the molecule is Nc1nc(S[C@H](C(=O)Nc2ccc(F)cc2)c2ccccc2)n[nH]1. The first-order valence-electron chi connectivity index (χ1n) is 7.08. The Labute approximate surface area is 141 Å². The first-order chi connectivity index (χ1) is 11.6. The maximum atomic E-state index is 13.0. The number of benzene rings is 2. The molecular formula is C16H14FN5OS. The van der Waals surface area contributed by atoms with Crippen LogP contribution < -0.4 is 11.1 Å². The van der Waals surface area contributed by atoms with E-state index in [-0.39, 0.29) is 17.7 Å². The second kappa shape index (κ2) is 7.14. The van der Waals surface area contributed by atoms with Gasteiger partial charge in [0.15, 0.2) is 0 Å². The third-order valence-electron chi connectivity index (χ3n) is 3.16. The molecule has 3 rings (SSSR count). The number of hydrogen-bond acceptors (Lipinski definition) is 5. The summed E-state index contributed by atoms with van der Waals surface area (Å²) in [6.07, 6.45) is 0. The normalized spacial score (nSPS) is 11.9. The van der Waals surface area contributed by atoms with Crippen LogP contribution in [0.25, 0.3) is 0 Å². The van der Waals surface area contributed by atoms with E-state index in [0.717, 1.165) is 5.56 Å². The Morgan fingerprint density at radius 3 is 2.50 bits per heavy atom. The monoisotopic (exact) mass is 343 g/mol. The molecule has 1 aromatic heterocycles. The van der Waals surface area contributed by atoms with Crippen molar-refractivity contribution in [2.75, 3.05) is 11.1 Å². The van der Waals surface area contributed by atoms with Crippen LogP contribution in [0.2, 0.25) is 0 Å². The maximum absolute atomic E-state index is 13.0. The predicted molar refractivity (Wildman–Crippen MR) is 90.9 cm³/mol. The van der Waals surface area contributed by atoms with Crippen LogP contribution in [0.3, 0.4) is 0 Å². The van der Waals surface area contributed by atoms with Gasteiger partial charge in [0.05, 0.1) is 0 Å². The predicted octanol–water partition coefficient (Wildman–Crippen LogP) is 3.00. The Bertz CT molecular complexity index is 822. The minimum absolute atomic E-state index is 0.184. The topological polar surface area (TPSA) is 96.7 Å². The number of carbonyl (C=O) groups excluding carboxylic acids is 1. The second-order valence-corrected chi connectivity index (χ2v) is 5.98. The summed E-state index contributed by atoms with van der Waals surface area (Å²) in [5.74, 6) is -0.442. The molecule has 4 N–H and O–H groups in total. The van der Waals surface area contributed by atoms with Gasteiger partial charge in [0.2, 0.25) is 17.0 Å². The van der Waals surface area contributed by atoms with Gasteiger partial charge < -0.3 is 11.1 Å². The molecule has 2 aromatic carbocycles. The molecule has 1 atom stereocenters. The molecule has 0 bridgehead atoms. The summed E-state index contributed by atoms with van der Waals surface area (Å²) >= 11 is 1.17. The molecule has 0 radical (unpaired) electrons. The van der Waals surface area contributed by atoms with Crippen molar-refractivity contribution in [2.45, 2.75) is 10.4 Å². The van der Waals surface area contributed by atoms with Crippen molar-refractivity contribution in [3.8, 4) is 0 Å². The molecular weight excluding hydrogens is 329 g/mol. The number of hydrogen-bond donors (Lipinski definition) is 3. The molecule has 0 unspecified atom stereocenters. The number of nitrogen functional groups attached to an aromatic ring is 1. The molecule has 122 valence electrons. The summed E-state index contributed by atoms with van der Waals surface area (Å²) in [5.41, 5.74) is 6.84. The number of carbonyl (C=O) groups is 1. The van der Waals surface area contributed by atoms with Crippen molar-refractivity contribution in [3.05, 3.63) is 66.0 Å². The average molecular weight is 343 g/mol. The number of aromatic amines is 1. The molecule has 1 heterocycles. The zero-order valence-electron chi connectivity index (χ0n) is 12.4. The van der Waals surface area contributed by atoms with E-state index in [2.05, 4.69) is 20.5 Å². The summed E-state index contributed by atoms with van der Waals surface area (Å²) in [6.45, 7) is 0. The van der Waals surface area contributed by atoms with Crippen LogP contribution in [0.4, 0.5) is 16.0 Å². The van der Waals surface area contributed by atoms with Crippen LogP contribution in [-0.2, 0) is 4.79 Å². The fourth-order valence-electron chi connectivity index (χ4n) is 2.06. The Morgan fingerprint density at radius 1 is 1.17 bits per heavy atom. The lowest BCUT2D eigenvalue weighted by atomic mass is 10.1. The van der Waals surface area contributed by atoms with Gasteiger partial charge in [-0.25, -0.2) is 9.49 Å². The fourth-order valence-corrected chi connectivity index (χ4v) is 2.98. The number of thioether (sulfide) groups is 1. The van der Waals surface area contributed by atoms with Crippen molar-refractivity contribution < 1.29 is 9.18 Å². The first kappa shape index (κ1) is 16.0. The summed E-state index contributed by atoms with van der Waals surface area (Å²) in [4.78, 5) is 16.7. The number of anilines is 2. The molecule has 0 aliphatic carbocycles. The van der Waals surface area contributed by atoms with Crippen LogP contribution in [0.1, 0.15) is 10.8 Å². The van der Waals surface area contributed by atoms with E-state index in [9.17, 15) is 9.18 Å². The van der Waals surface area contributed by atoms with E-state index in [1.54, 1.807) is 0 Å². The molecule has 3 aromatic rings. The average Bonchev–Trinajstić information content (AvgIpc) is 3.00. The molecule has 0 aliphatic heterocycles. The lowest BCUT2D eigenvalue weighted by Gasteiger charge is -2.15. The van der Waals surface area contributed by atoms with E-state index < -0.39 is 5.25 Å². The molecule has 0 saturated heterocycles. The van der Waals surface area contributed by atoms with Gasteiger partial charge in [-0.1, -0.05) is 42.1 Å². The highest BCUT2D eigenvalue weighted by molar-refractivity contribution is 8.00. The van der Waals surface area contributed by atoms with Crippen LogP contribution in [0.15, 0.2) is 59.8 Å². The zero-order chi connectivity index (χ0) is 16.9. The van der Waals surface area contributed by atoms with Crippen LogP contribution in [0.5, 0.6) is 0 Å². The maximum Gasteiger partial charge on any atom is 0.242 e. The van der Waals surface area contributed by atoms with Gasteiger partial charge >= 0.3 is 0 Å². The van der Waals surface area contributed by atoms with Crippen LogP contribution in [-0.4, -0.2) is 21.1 Å². The molecule has 1 amide bonds. The van der Waals surface area contributed by atoms with Gasteiger partial charge in [0, 0.05) is 5.69 Å². The number of nitrogens with two attached hydrogens (primary N) is 1. The van der Waals surface area contributed by atoms with Gasteiger partial charge in [-0.2, -0.15) is 4.98 Å². The minimum Gasteiger partial charge on any atom is -0.368 e. The van der Waals surface area contributed by atoms with Gasteiger partial charge in [-0.15, -0.1) is 5.10 Å². The van der Waals surface area contributed by atoms with Crippen molar-refractivity contribution in [1.82, 2.24) is 15.2 Å². The van der Waals surface area contributed by atoms with Crippen molar-refractivity contribution in [2.24, 2.45) is 0 Å². The van der Waals surface area contributed by atoms with Gasteiger partial charge in [0.1, 0.15) is 11.1 Å². The molecule has 0 aliphatic rings. The highest BCUT2D eigenvalue weighted by Crippen LogP contribution is 2.34. The third-order valence-corrected chi connectivity index (χ3v) is 4.27. The number of aromatic nitrogens is 3. The summed E-state index contributed by atoms with van der Waals surface area (Å²) in [6, 6.07) is 14.8. The first-order valence-corrected chi connectivity index (χ1v) is 7.96. The van der Waals surface area contributed by atoms with E-state index in [0.29, 0.717) is 10.8 Å². The number of nitrogens with zero attached hydrogens (tertiary/aromatic N) is 2. The molecule has 0 saturated carbocycles. The number of H-pyrrole nitrogens is 1. The summed E-state index contributed by atoms with van der Waals surface area (Å²) < 4.78 is 13.0. The molecule has 6 nitrogen and oxygen atoms in total. The van der Waals surface area contributed by atoms with Gasteiger partial charge in [0.25, 0.3) is 0 Å². The second-order valence-electron chi connectivity index (χ2n) is 4.91. The summed E-state index contributed by atoms with van der Waals surface area (Å²) in [5, 5.41) is 9.06. The standard InChI is InChI=1S/C16H14FN5OS/c17-11-6-8-12(9-7-11)19-14(23)13(10-4-2-1-3-5-10)24-16-20-15(18)21-22-16/h1-9,13H,(H,19,23)(H3,18,20,21,22)/t13-/m0/s1. The van der Waals surface area contributed by atoms with E-state index in [1.807, 2.05) is 30.3 Å². The highest BCUT2D eigenvalue weighted by Gasteiger charge is 2.24. The van der Waals surface area contributed by atoms with E-state index >= 15 is 0 Å². The number of nitrogens with one attached hydrogen (secondary N) is 2. The van der Waals surface area contributed by atoms with Gasteiger partial charge in [-0.05, 0) is 29.8 Å². The van der Waals surface area contributed by atoms with Crippen LogP contribution >= 0.6 is 11.8 Å². The van der Waals surface area contributed by atoms with E-state index in [1.165, 1.54) is 36.0 Å². The Kier molecular flexibility index (Phi) is 4.76. The number of rotatable bonds is 5. The lowest BCUT2D eigenvalue weighted by molar-refractivity contribution is -0.115. The number of halogens is 1. The largest absolute Gasteiger partial charge is 0.368 e. The molecule has 0 fully saturated rings. The molecule has 8 heteroatoms. The minimum atomic E-state index is -0.577. The molecule has 0 spiro atoms. The fraction of sp³-hybridized carbons (Fsp3) is 0.0625. The Balaban J connectivity index is 1.83. The smallest absolute Gasteiger partial charge is 0.242 e. The highest BCUT2D eigenvalue weighted by atomic mass is 32.2. The lowest BCUT2D eigenvalue weighted by Crippen LogP contribution is -2.19. The molecule has 24 heavy (non-hydrogen) atoms. The van der Waals surface area contributed by atoms with Crippen molar-refractivity contribution in [3.63, 3.8) is 0 Å². The van der Waals surface area contributed by atoms with E-state index in [4.69, 9.17) is 5.73 Å². The third kappa shape index (κ3) is 3.90. The van der Waals surface area contributed by atoms with Gasteiger partial charge in [-0.3, -0.25) is 4.79 Å². The van der Waals surface area contributed by atoms with Crippen molar-refractivity contribution >= 4 is 29.3 Å². The Morgan fingerprint density at radius 2 is 1.88 bits per heavy atom. The number of amides is 1. The zero-order valence-corrected chi connectivity index (χ0v) is 13.3. The van der Waals surface area contributed by atoms with Crippen LogP contribution in [0, 0.1) is 5.82 Å².